The molecule has 0 radical (unpaired) electrons. The first kappa shape index (κ1) is 15.1. The Morgan fingerprint density at radius 1 is 1.19 bits per heavy atom. The molecule has 1 heterocycles. The highest BCUT2D eigenvalue weighted by Gasteiger charge is 2.33. The van der Waals surface area contributed by atoms with Crippen LogP contribution < -0.4 is 0 Å². The molecule has 2 aromatic rings. The van der Waals surface area contributed by atoms with Crippen LogP contribution in [0.5, 0.6) is 0 Å². The van der Waals surface area contributed by atoms with E-state index in [1.807, 2.05) is 0 Å². The second-order valence-corrected chi connectivity index (χ2v) is 4.37. The van der Waals surface area contributed by atoms with Crippen LogP contribution in [0.15, 0.2) is 47.1 Å². The molecule has 1 aromatic heterocycles. The summed E-state index contributed by atoms with van der Waals surface area (Å²) in [5, 5.41) is 0. The number of furan rings is 1. The van der Waals surface area contributed by atoms with Crippen molar-refractivity contribution in [3.05, 3.63) is 59.8 Å². The van der Waals surface area contributed by atoms with E-state index < -0.39 is 24.4 Å². The van der Waals surface area contributed by atoms with E-state index in [4.69, 9.17) is 4.42 Å². The third-order valence-corrected chi connectivity index (χ3v) is 2.66. The van der Waals surface area contributed by atoms with Crippen molar-refractivity contribution in [2.24, 2.45) is 0 Å². The van der Waals surface area contributed by atoms with Crippen molar-refractivity contribution in [1.82, 2.24) is 4.90 Å². The number of alkyl halides is 3. The molecular formula is C14H11F4NO2. The maximum absolute atomic E-state index is 13.1. The fourth-order valence-electron chi connectivity index (χ4n) is 1.81. The van der Waals surface area contributed by atoms with E-state index >= 15 is 0 Å². The van der Waals surface area contributed by atoms with Gasteiger partial charge in [-0.25, -0.2) is 4.39 Å². The molecule has 1 aromatic carbocycles. The average molecular weight is 301 g/mol. The molecule has 0 saturated carbocycles. The average Bonchev–Trinajstić information content (AvgIpc) is 2.88. The number of carbonyl (C=O) groups is 1. The molecule has 0 bridgehead atoms. The standard InChI is InChI=1S/C14H11F4NO2/c15-11-4-1-3-10(7-11)13(20)19(9-14(16,17)18)8-12-5-2-6-21-12/h1-7H,8-9H2. The van der Waals surface area contributed by atoms with Crippen LogP contribution in [0, 0.1) is 5.82 Å². The van der Waals surface area contributed by atoms with E-state index in [9.17, 15) is 22.4 Å². The fraction of sp³-hybridized carbons (Fsp3) is 0.214. The summed E-state index contributed by atoms with van der Waals surface area (Å²) in [4.78, 5) is 12.7. The predicted octanol–water partition coefficient (Wildman–Crippen LogP) is 3.62. The van der Waals surface area contributed by atoms with E-state index in [1.165, 1.54) is 30.5 Å². The molecule has 0 aliphatic rings. The summed E-state index contributed by atoms with van der Waals surface area (Å²) in [5.74, 6) is -1.39. The third kappa shape index (κ3) is 4.34. The molecule has 0 fully saturated rings. The van der Waals surface area contributed by atoms with Gasteiger partial charge < -0.3 is 9.32 Å². The van der Waals surface area contributed by atoms with Gasteiger partial charge in [0, 0.05) is 5.56 Å². The molecule has 7 heteroatoms. The van der Waals surface area contributed by atoms with Crippen LogP contribution in [0.2, 0.25) is 0 Å². The van der Waals surface area contributed by atoms with Gasteiger partial charge in [0.05, 0.1) is 12.8 Å². The van der Waals surface area contributed by atoms with Gasteiger partial charge in [-0.15, -0.1) is 0 Å². The molecule has 112 valence electrons. The lowest BCUT2D eigenvalue weighted by Crippen LogP contribution is -2.38. The molecule has 0 atom stereocenters. The van der Waals surface area contributed by atoms with Gasteiger partial charge in [-0.05, 0) is 30.3 Å². The number of amides is 1. The summed E-state index contributed by atoms with van der Waals surface area (Å²) in [6.45, 7) is -1.79. The summed E-state index contributed by atoms with van der Waals surface area (Å²) in [6.07, 6.45) is -3.26. The zero-order valence-electron chi connectivity index (χ0n) is 10.7. The molecular weight excluding hydrogens is 290 g/mol. The number of carbonyl (C=O) groups excluding carboxylic acids is 1. The van der Waals surface area contributed by atoms with Gasteiger partial charge >= 0.3 is 6.18 Å². The highest BCUT2D eigenvalue weighted by atomic mass is 19.4. The normalized spacial score (nSPS) is 11.4. The van der Waals surface area contributed by atoms with Crippen LogP contribution in [0.1, 0.15) is 16.1 Å². The van der Waals surface area contributed by atoms with Crippen molar-refractivity contribution in [3.8, 4) is 0 Å². The SMILES string of the molecule is O=C(c1cccc(F)c1)N(Cc1ccco1)CC(F)(F)F. The summed E-state index contributed by atoms with van der Waals surface area (Å²) in [5.41, 5.74) is -0.147. The summed E-state index contributed by atoms with van der Waals surface area (Å²) >= 11 is 0. The van der Waals surface area contributed by atoms with Crippen LogP contribution >= 0.6 is 0 Å². The Morgan fingerprint density at radius 3 is 2.52 bits per heavy atom. The van der Waals surface area contributed by atoms with E-state index in [-0.39, 0.29) is 17.9 Å². The maximum atomic E-state index is 13.1. The molecule has 0 saturated heterocycles. The zero-order chi connectivity index (χ0) is 15.5. The van der Waals surface area contributed by atoms with Gasteiger partial charge in [0.2, 0.25) is 0 Å². The minimum atomic E-state index is -4.56. The quantitative estimate of drug-likeness (QED) is 0.808. The maximum Gasteiger partial charge on any atom is 0.406 e. The second-order valence-electron chi connectivity index (χ2n) is 4.37. The van der Waals surface area contributed by atoms with Crippen molar-refractivity contribution in [2.45, 2.75) is 12.7 Å². The van der Waals surface area contributed by atoms with E-state index in [0.717, 1.165) is 12.1 Å². The summed E-state index contributed by atoms with van der Waals surface area (Å²) < 4.78 is 55.8. The summed E-state index contributed by atoms with van der Waals surface area (Å²) in [7, 11) is 0. The first-order valence-electron chi connectivity index (χ1n) is 5.99. The molecule has 0 aliphatic heterocycles. The predicted molar refractivity (Wildman–Crippen MR) is 65.9 cm³/mol. The Morgan fingerprint density at radius 2 is 1.95 bits per heavy atom. The minimum absolute atomic E-state index is 0.147. The van der Waals surface area contributed by atoms with Gasteiger partial charge in [-0.3, -0.25) is 4.79 Å². The molecule has 2 rings (SSSR count). The molecule has 0 N–H and O–H groups in total. The number of rotatable bonds is 4. The molecule has 0 spiro atoms. The minimum Gasteiger partial charge on any atom is -0.467 e. The Balaban J connectivity index is 2.23. The highest BCUT2D eigenvalue weighted by molar-refractivity contribution is 5.94. The number of nitrogens with zero attached hydrogens (tertiary/aromatic N) is 1. The first-order valence-corrected chi connectivity index (χ1v) is 5.99. The summed E-state index contributed by atoms with van der Waals surface area (Å²) in [6, 6.07) is 7.50. The van der Waals surface area contributed by atoms with Crippen LogP contribution in [0.25, 0.3) is 0 Å². The van der Waals surface area contributed by atoms with Crippen LogP contribution in [0.4, 0.5) is 17.6 Å². The van der Waals surface area contributed by atoms with Crippen molar-refractivity contribution < 1.29 is 26.8 Å². The van der Waals surface area contributed by atoms with E-state index in [2.05, 4.69) is 0 Å². The van der Waals surface area contributed by atoms with Gasteiger partial charge in [0.1, 0.15) is 18.1 Å². The lowest BCUT2D eigenvalue weighted by molar-refractivity contribution is -0.142. The lowest BCUT2D eigenvalue weighted by atomic mass is 10.2. The fourth-order valence-corrected chi connectivity index (χ4v) is 1.81. The number of hydrogen-bond donors (Lipinski definition) is 0. The number of benzene rings is 1. The number of halogens is 4. The molecule has 0 unspecified atom stereocenters. The van der Waals surface area contributed by atoms with E-state index in [0.29, 0.717) is 4.90 Å². The number of hydrogen-bond acceptors (Lipinski definition) is 2. The Hall–Kier alpha value is -2.31. The smallest absolute Gasteiger partial charge is 0.406 e. The van der Waals surface area contributed by atoms with Crippen LogP contribution in [-0.4, -0.2) is 23.5 Å². The molecule has 1 amide bonds. The zero-order valence-corrected chi connectivity index (χ0v) is 10.7. The Kier molecular flexibility index (Phi) is 4.30. The molecule has 21 heavy (non-hydrogen) atoms. The van der Waals surface area contributed by atoms with Crippen molar-refractivity contribution in [3.63, 3.8) is 0 Å². The highest BCUT2D eigenvalue weighted by Crippen LogP contribution is 2.20. The Labute approximate surface area is 117 Å². The largest absolute Gasteiger partial charge is 0.467 e. The van der Waals surface area contributed by atoms with Gasteiger partial charge in [-0.1, -0.05) is 6.07 Å². The molecule has 0 aliphatic carbocycles. The van der Waals surface area contributed by atoms with Gasteiger partial charge in [0.15, 0.2) is 0 Å². The first-order chi connectivity index (χ1) is 9.85. The van der Waals surface area contributed by atoms with Crippen molar-refractivity contribution in [2.75, 3.05) is 6.54 Å². The second kappa shape index (κ2) is 5.99. The van der Waals surface area contributed by atoms with E-state index in [1.54, 1.807) is 0 Å². The van der Waals surface area contributed by atoms with Crippen molar-refractivity contribution >= 4 is 5.91 Å². The topological polar surface area (TPSA) is 33.5 Å². The monoisotopic (exact) mass is 301 g/mol. The Bertz CT molecular complexity index is 608. The lowest BCUT2D eigenvalue weighted by Gasteiger charge is -2.23. The molecule has 3 nitrogen and oxygen atoms in total. The van der Waals surface area contributed by atoms with Gasteiger partial charge in [-0.2, -0.15) is 13.2 Å². The van der Waals surface area contributed by atoms with Crippen LogP contribution in [-0.2, 0) is 6.54 Å². The third-order valence-electron chi connectivity index (χ3n) is 2.66. The van der Waals surface area contributed by atoms with Crippen molar-refractivity contribution in [1.29, 1.82) is 0 Å². The van der Waals surface area contributed by atoms with Gasteiger partial charge in [0.25, 0.3) is 5.91 Å². The van der Waals surface area contributed by atoms with Crippen LogP contribution in [0.3, 0.4) is 0 Å².